The molecule has 1 heterocycles. The van der Waals surface area contributed by atoms with Gasteiger partial charge in [0.15, 0.2) is 11.6 Å². The molecule has 2 rings (SSSR count). The highest BCUT2D eigenvalue weighted by Crippen LogP contribution is 2.20. The van der Waals surface area contributed by atoms with Crippen molar-refractivity contribution in [1.82, 2.24) is 9.78 Å². The van der Waals surface area contributed by atoms with Gasteiger partial charge in [0.2, 0.25) is 0 Å². The second-order valence-electron chi connectivity index (χ2n) is 3.27. The van der Waals surface area contributed by atoms with Crippen LogP contribution in [0.25, 0.3) is 5.69 Å². The van der Waals surface area contributed by atoms with Gasteiger partial charge in [-0.05, 0) is 18.2 Å². The zero-order valence-electron chi connectivity index (χ0n) is 8.85. The summed E-state index contributed by atoms with van der Waals surface area (Å²) in [7, 11) is 1.43. The van der Waals surface area contributed by atoms with Gasteiger partial charge >= 0.3 is 0 Å². The SMILES string of the molecule is COc1cc(-n2ccc(CN)n2)ccc1F. The molecule has 0 unspecified atom stereocenters. The minimum atomic E-state index is -0.391. The Balaban J connectivity index is 2.40. The monoisotopic (exact) mass is 221 g/mol. The molecule has 1 aromatic carbocycles. The normalized spacial score (nSPS) is 10.4. The van der Waals surface area contributed by atoms with Crippen molar-refractivity contribution in [3.8, 4) is 11.4 Å². The molecule has 16 heavy (non-hydrogen) atoms. The van der Waals surface area contributed by atoms with Crippen LogP contribution in [0.2, 0.25) is 0 Å². The van der Waals surface area contributed by atoms with Gasteiger partial charge in [-0.25, -0.2) is 9.07 Å². The number of nitrogens with two attached hydrogens (primary N) is 1. The second kappa shape index (κ2) is 4.32. The summed E-state index contributed by atoms with van der Waals surface area (Å²) in [5, 5.41) is 4.22. The van der Waals surface area contributed by atoms with Crippen LogP contribution >= 0.6 is 0 Å². The lowest BCUT2D eigenvalue weighted by molar-refractivity contribution is 0.386. The summed E-state index contributed by atoms with van der Waals surface area (Å²) < 4.78 is 19.7. The van der Waals surface area contributed by atoms with Gasteiger partial charge < -0.3 is 10.5 Å². The van der Waals surface area contributed by atoms with Gasteiger partial charge in [-0.3, -0.25) is 0 Å². The first-order chi connectivity index (χ1) is 7.74. The quantitative estimate of drug-likeness (QED) is 0.854. The summed E-state index contributed by atoms with van der Waals surface area (Å²) in [4.78, 5) is 0. The number of benzene rings is 1. The van der Waals surface area contributed by atoms with Gasteiger partial charge in [-0.15, -0.1) is 0 Å². The molecule has 0 aliphatic carbocycles. The molecule has 2 aromatic rings. The second-order valence-corrected chi connectivity index (χ2v) is 3.27. The van der Waals surface area contributed by atoms with Gasteiger partial charge in [-0.2, -0.15) is 5.10 Å². The van der Waals surface area contributed by atoms with E-state index >= 15 is 0 Å². The van der Waals surface area contributed by atoms with E-state index in [1.54, 1.807) is 23.0 Å². The number of nitrogens with zero attached hydrogens (tertiary/aromatic N) is 2. The lowest BCUT2D eigenvalue weighted by Gasteiger charge is -2.05. The number of ether oxygens (including phenoxy) is 1. The van der Waals surface area contributed by atoms with Crippen LogP contribution in [0.15, 0.2) is 30.5 Å². The summed E-state index contributed by atoms with van der Waals surface area (Å²) in [6.45, 7) is 0.380. The maximum Gasteiger partial charge on any atom is 0.165 e. The fraction of sp³-hybridized carbons (Fsp3) is 0.182. The standard InChI is InChI=1S/C11H12FN3O/c1-16-11-6-9(2-3-10(11)12)15-5-4-8(7-13)14-15/h2-6H,7,13H2,1H3. The average molecular weight is 221 g/mol. The van der Waals surface area contributed by atoms with Crippen LogP contribution in [0.3, 0.4) is 0 Å². The third-order valence-electron chi connectivity index (χ3n) is 2.25. The highest BCUT2D eigenvalue weighted by molar-refractivity contribution is 5.39. The number of rotatable bonds is 3. The molecule has 0 atom stereocenters. The van der Waals surface area contributed by atoms with Crippen LogP contribution in [0.1, 0.15) is 5.69 Å². The Kier molecular flexibility index (Phi) is 2.87. The van der Waals surface area contributed by atoms with Crippen molar-refractivity contribution in [2.75, 3.05) is 7.11 Å². The lowest BCUT2D eigenvalue weighted by atomic mass is 10.3. The summed E-state index contributed by atoms with van der Waals surface area (Å²) in [5.41, 5.74) is 6.98. The molecule has 2 N–H and O–H groups in total. The number of hydrogen-bond acceptors (Lipinski definition) is 3. The van der Waals surface area contributed by atoms with Crippen molar-refractivity contribution >= 4 is 0 Å². The molecule has 0 fully saturated rings. The zero-order chi connectivity index (χ0) is 11.5. The molecule has 5 heteroatoms. The summed E-state index contributed by atoms with van der Waals surface area (Å²) >= 11 is 0. The van der Waals surface area contributed by atoms with Crippen molar-refractivity contribution < 1.29 is 9.13 Å². The summed E-state index contributed by atoms with van der Waals surface area (Å²) in [5.74, 6) is -0.195. The molecule has 4 nitrogen and oxygen atoms in total. The molecule has 0 radical (unpaired) electrons. The van der Waals surface area contributed by atoms with E-state index in [1.165, 1.54) is 13.2 Å². The van der Waals surface area contributed by atoms with Crippen LogP contribution in [0.5, 0.6) is 5.75 Å². The summed E-state index contributed by atoms with van der Waals surface area (Å²) in [6, 6.07) is 6.38. The highest BCUT2D eigenvalue weighted by atomic mass is 19.1. The third-order valence-corrected chi connectivity index (χ3v) is 2.25. The zero-order valence-corrected chi connectivity index (χ0v) is 8.85. The maximum absolute atomic E-state index is 13.2. The first kappa shape index (κ1) is 10.6. The minimum Gasteiger partial charge on any atom is -0.494 e. The van der Waals surface area contributed by atoms with E-state index in [1.807, 2.05) is 6.07 Å². The Bertz CT molecular complexity index is 496. The third kappa shape index (κ3) is 1.90. The number of hydrogen-bond donors (Lipinski definition) is 1. The molecule has 0 amide bonds. The van der Waals surface area contributed by atoms with E-state index < -0.39 is 5.82 Å². The number of aromatic nitrogens is 2. The molecule has 0 aliphatic heterocycles. The van der Waals surface area contributed by atoms with Crippen LogP contribution < -0.4 is 10.5 Å². The topological polar surface area (TPSA) is 53.1 Å². The minimum absolute atomic E-state index is 0.197. The molecule has 1 aromatic heterocycles. The van der Waals surface area contributed by atoms with Crippen molar-refractivity contribution in [3.63, 3.8) is 0 Å². The van der Waals surface area contributed by atoms with E-state index in [-0.39, 0.29) is 5.75 Å². The van der Waals surface area contributed by atoms with Crippen molar-refractivity contribution in [2.24, 2.45) is 5.73 Å². The smallest absolute Gasteiger partial charge is 0.165 e. The molecular formula is C11H12FN3O. The summed E-state index contributed by atoms with van der Waals surface area (Å²) in [6.07, 6.45) is 1.77. The Morgan fingerprint density at radius 2 is 2.25 bits per heavy atom. The van der Waals surface area contributed by atoms with E-state index in [2.05, 4.69) is 5.10 Å². The fourth-order valence-corrected chi connectivity index (χ4v) is 1.41. The van der Waals surface area contributed by atoms with Crippen LogP contribution in [0, 0.1) is 5.82 Å². The molecule has 0 spiro atoms. The molecule has 0 saturated heterocycles. The van der Waals surface area contributed by atoms with E-state index in [0.717, 1.165) is 11.4 Å². The van der Waals surface area contributed by atoms with E-state index in [4.69, 9.17) is 10.5 Å². The number of halogens is 1. The van der Waals surface area contributed by atoms with Gasteiger partial charge in [-0.1, -0.05) is 0 Å². The van der Waals surface area contributed by atoms with Gasteiger partial charge in [0.1, 0.15) is 0 Å². The average Bonchev–Trinajstić information content (AvgIpc) is 2.78. The molecule has 84 valence electrons. The Hall–Kier alpha value is -1.88. The van der Waals surface area contributed by atoms with Gasteiger partial charge in [0, 0.05) is 18.8 Å². The van der Waals surface area contributed by atoms with Crippen LogP contribution in [-0.2, 0) is 6.54 Å². The lowest BCUT2D eigenvalue weighted by Crippen LogP contribution is -2.01. The van der Waals surface area contributed by atoms with Crippen LogP contribution in [0.4, 0.5) is 4.39 Å². The maximum atomic E-state index is 13.2. The predicted molar refractivity (Wildman–Crippen MR) is 58.0 cm³/mol. The number of methoxy groups -OCH3 is 1. The molecule has 0 aliphatic rings. The Labute approximate surface area is 92.4 Å². The van der Waals surface area contributed by atoms with E-state index in [0.29, 0.717) is 6.54 Å². The van der Waals surface area contributed by atoms with Crippen molar-refractivity contribution in [1.29, 1.82) is 0 Å². The first-order valence-electron chi connectivity index (χ1n) is 4.83. The largest absolute Gasteiger partial charge is 0.494 e. The molecular weight excluding hydrogens is 209 g/mol. The Morgan fingerprint density at radius 1 is 1.44 bits per heavy atom. The van der Waals surface area contributed by atoms with E-state index in [9.17, 15) is 4.39 Å². The van der Waals surface area contributed by atoms with Crippen molar-refractivity contribution in [3.05, 3.63) is 42.0 Å². The molecule has 0 saturated carbocycles. The Morgan fingerprint density at radius 3 is 2.88 bits per heavy atom. The van der Waals surface area contributed by atoms with Gasteiger partial charge in [0.05, 0.1) is 18.5 Å². The molecule has 0 bridgehead atoms. The predicted octanol–water partition coefficient (Wildman–Crippen LogP) is 1.48. The first-order valence-corrected chi connectivity index (χ1v) is 4.83. The van der Waals surface area contributed by atoms with Crippen LogP contribution in [-0.4, -0.2) is 16.9 Å². The highest BCUT2D eigenvalue weighted by Gasteiger charge is 2.05. The van der Waals surface area contributed by atoms with Crippen molar-refractivity contribution in [2.45, 2.75) is 6.54 Å². The van der Waals surface area contributed by atoms with Gasteiger partial charge in [0.25, 0.3) is 0 Å². The fourth-order valence-electron chi connectivity index (χ4n) is 1.41.